The zero-order chi connectivity index (χ0) is 20.0. The van der Waals surface area contributed by atoms with Crippen molar-refractivity contribution >= 4 is 17.0 Å². The van der Waals surface area contributed by atoms with Gasteiger partial charge in [-0.15, -0.1) is 11.3 Å². The SMILES string of the molecule is CCC(CC)c1cc(C)nn2c(-c3scc(-c4ncnn4C)c3C)c(C)nc12. The molecule has 0 radical (unpaired) electrons. The third-order valence-corrected chi connectivity index (χ3v) is 6.63. The fraction of sp³-hybridized carbons (Fsp3) is 0.429. The van der Waals surface area contributed by atoms with E-state index in [4.69, 9.17) is 10.1 Å². The first-order valence-electron chi connectivity index (χ1n) is 9.75. The standard InChI is InChI=1S/C21H26N6S/c1-7-15(8-2)16-9-12(3)25-27-18(14(5)24-21(16)27)19-13(4)17(10-28-19)20-22-11-23-26(20)6/h9-11,15H,7-8H2,1-6H3. The summed E-state index contributed by atoms with van der Waals surface area (Å²) in [4.78, 5) is 10.6. The Bertz CT molecular complexity index is 1150. The highest BCUT2D eigenvalue weighted by atomic mass is 32.1. The number of hydrogen-bond acceptors (Lipinski definition) is 5. The van der Waals surface area contributed by atoms with Crippen LogP contribution in [0.2, 0.25) is 0 Å². The summed E-state index contributed by atoms with van der Waals surface area (Å²) >= 11 is 1.72. The molecule has 28 heavy (non-hydrogen) atoms. The molecule has 0 bridgehead atoms. The van der Waals surface area contributed by atoms with E-state index in [9.17, 15) is 0 Å². The van der Waals surface area contributed by atoms with Crippen molar-refractivity contribution in [1.82, 2.24) is 29.4 Å². The number of rotatable bonds is 5. The van der Waals surface area contributed by atoms with Crippen LogP contribution in [0, 0.1) is 20.8 Å². The van der Waals surface area contributed by atoms with Crippen molar-refractivity contribution in [3.05, 3.63) is 40.3 Å². The average Bonchev–Trinajstić information content (AvgIpc) is 3.33. The van der Waals surface area contributed by atoms with Crippen molar-refractivity contribution in [1.29, 1.82) is 0 Å². The van der Waals surface area contributed by atoms with Gasteiger partial charge in [0.15, 0.2) is 11.5 Å². The molecule has 0 fully saturated rings. The van der Waals surface area contributed by atoms with Gasteiger partial charge >= 0.3 is 0 Å². The van der Waals surface area contributed by atoms with E-state index < -0.39 is 0 Å². The normalized spacial score (nSPS) is 11.8. The molecule has 146 valence electrons. The van der Waals surface area contributed by atoms with E-state index in [1.165, 1.54) is 16.0 Å². The quantitative estimate of drug-likeness (QED) is 0.473. The Hall–Kier alpha value is -2.54. The zero-order valence-electron chi connectivity index (χ0n) is 17.3. The number of aryl methyl sites for hydroxylation is 3. The minimum absolute atomic E-state index is 0.498. The second-order valence-corrected chi connectivity index (χ2v) is 8.23. The number of thiophene rings is 1. The lowest BCUT2D eigenvalue weighted by Gasteiger charge is -2.14. The van der Waals surface area contributed by atoms with E-state index in [-0.39, 0.29) is 0 Å². The van der Waals surface area contributed by atoms with Crippen LogP contribution in [-0.4, -0.2) is 29.4 Å². The van der Waals surface area contributed by atoms with E-state index in [1.807, 2.05) is 11.7 Å². The molecule has 0 aromatic carbocycles. The van der Waals surface area contributed by atoms with Crippen molar-refractivity contribution in [2.75, 3.05) is 0 Å². The minimum atomic E-state index is 0.498. The summed E-state index contributed by atoms with van der Waals surface area (Å²) in [5.41, 5.74) is 7.72. The van der Waals surface area contributed by atoms with Crippen molar-refractivity contribution in [3.63, 3.8) is 0 Å². The Kier molecular flexibility index (Phi) is 4.79. The van der Waals surface area contributed by atoms with Gasteiger partial charge in [-0.25, -0.2) is 19.2 Å². The first-order valence-corrected chi connectivity index (χ1v) is 10.6. The molecule has 0 saturated heterocycles. The monoisotopic (exact) mass is 394 g/mol. The van der Waals surface area contributed by atoms with Crippen molar-refractivity contribution in [2.24, 2.45) is 7.05 Å². The van der Waals surface area contributed by atoms with Gasteiger partial charge < -0.3 is 0 Å². The molecule has 0 saturated carbocycles. The third-order valence-electron chi connectivity index (χ3n) is 5.54. The maximum absolute atomic E-state index is 4.95. The van der Waals surface area contributed by atoms with E-state index in [0.29, 0.717) is 5.92 Å². The van der Waals surface area contributed by atoms with Crippen molar-refractivity contribution in [3.8, 4) is 22.0 Å². The van der Waals surface area contributed by atoms with Gasteiger partial charge in [0, 0.05) is 23.6 Å². The van der Waals surface area contributed by atoms with Gasteiger partial charge in [-0.2, -0.15) is 10.2 Å². The first-order chi connectivity index (χ1) is 13.5. The Morgan fingerprint density at radius 2 is 1.89 bits per heavy atom. The van der Waals surface area contributed by atoms with Crippen LogP contribution in [0.15, 0.2) is 17.8 Å². The molecule has 4 aromatic rings. The summed E-state index contributed by atoms with van der Waals surface area (Å²) < 4.78 is 3.87. The van der Waals surface area contributed by atoms with Crippen LogP contribution >= 0.6 is 11.3 Å². The lowest BCUT2D eigenvalue weighted by atomic mass is 9.95. The molecule has 0 aliphatic heterocycles. The Morgan fingerprint density at radius 3 is 2.54 bits per heavy atom. The van der Waals surface area contributed by atoms with Crippen LogP contribution < -0.4 is 0 Å². The van der Waals surface area contributed by atoms with Crippen LogP contribution in [0.3, 0.4) is 0 Å². The second-order valence-electron chi connectivity index (χ2n) is 7.35. The summed E-state index contributed by atoms with van der Waals surface area (Å²) in [6.07, 6.45) is 3.80. The van der Waals surface area contributed by atoms with Gasteiger partial charge in [0.25, 0.3) is 0 Å². The fourth-order valence-corrected chi connectivity index (χ4v) is 5.13. The Morgan fingerprint density at radius 1 is 1.14 bits per heavy atom. The predicted molar refractivity (Wildman–Crippen MR) is 114 cm³/mol. The molecule has 0 N–H and O–H groups in total. The average molecular weight is 395 g/mol. The van der Waals surface area contributed by atoms with Gasteiger partial charge in [-0.1, -0.05) is 13.8 Å². The predicted octanol–water partition coefficient (Wildman–Crippen LogP) is 5.08. The fourth-order valence-electron chi connectivity index (χ4n) is 3.98. The molecular weight excluding hydrogens is 368 g/mol. The van der Waals surface area contributed by atoms with E-state index >= 15 is 0 Å². The second kappa shape index (κ2) is 7.13. The topological polar surface area (TPSA) is 60.9 Å². The van der Waals surface area contributed by atoms with Gasteiger partial charge in [0.2, 0.25) is 0 Å². The molecule has 0 unspecified atom stereocenters. The largest absolute Gasteiger partial charge is 0.249 e. The number of nitrogens with zero attached hydrogens (tertiary/aromatic N) is 6. The van der Waals surface area contributed by atoms with Crippen LogP contribution in [0.25, 0.3) is 27.6 Å². The highest BCUT2D eigenvalue weighted by Crippen LogP contribution is 2.39. The number of imidazole rings is 1. The number of fused-ring (bicyclic) bond motifs is 1. The van der Waals surface area contributed by atoms with Crippen LogP contribution in [0.5, 0.6) is 0 Å². The maximum Gasteiger partial charge on any atom is 0.158 e. The van der Waals surface area contributed by atoms with E-state index in [0.717, 1.165) is 47.0 Å². The summed E-state index contributed by atoms with van der Waals surface area (Å²) in [6.45, 7) is 10.8. The third kappa shape index (κ3) is 2.85. The van der Waals surface area contributed by atoms with Gasteiger partial charge in [-0.3, -0.25) is 0 Å². The molecule has 4 aromatic heterocycles. The van der Waals surface area contributed by atoms with Crippen molar-refractivity contribution < 1.29 is 0 Å². The van der Waals surface area contributed by atoms with E-state index in [1.54, 1.807) is 17.7 Å². The molecule has 0 aliphatic rings. The summed E-state index contributed by atoms with van der Waals surface area (Å²) in [6, 6.07) is 2.20. The smallest absolute Gasteiger partial charge is 0.158 e. The zero-order valence-corrected chi connectivity index (χ0v) is 18.1. The van der Waals surface area contributed by atoms with Gasteiger partial charge in [-0.05, 0) is 51.2 Å². The van der Waals surface area contributed by atoms with Crippen LogP contribution in [0.4, 0.5) is 0 Å². The molecule has 4 rings (SSSR count). The van der Waals surface area contributed by atoms with Crippen molar-refractivity contribution in [2.45, 2.75) is 53.4 Å². The van der Waals surface area contributed by atoms with Gasteiger partial charge in [0.05, 0.1) is 16.3 Å². The molecule has 0 spiro atoms. The highest BCUT2D eigenvalue weighted by Gasteiger charge is 2.23. The number of hydrogen-bond donors (Lipinski definition) is 0. The maximum atomic E-state index is 4.95. The lowest BCUT2D eigenvalue weighted by molar-refractivity contribution is 0.638. The molecule has 0 amide bonds. The molecule has 0 aliphatic carbocycles. The lowest BCUT2D eigenvalue weighted by Crippen LogP contribution is -2.05. The van der Waals surface area contributed by atoms with E-state index in [2.05, 4.69) is 60.7 Å². The highest BCUT2D eigenvalue weighted by molar-refractivity contribution is 7.14. The number of aromatic nitrogens is 6. The molecular formula is C21H26N6S. The molecule has 0 atom stereocenters. The molecule has 6 nitrogen and oxygen atoms in total. The summed E-state index contributed by atoms with van der Waals surface area (Å²) in [5, 5.41) is 11.2. The van der Waals surface area contributed by atoms with Gasteiger partial charge in [0.1, 0.15) is 12.0 Å². The minimum Gasteiger partial charge on any atom is -0.249 e. The Labute approximate surface area is 169 Å². The molecule has 4 heterocycles. The Balaban J connectivity index is 1.95. The summed E-state index contributed by atoms with van der Waals surface area (Å²) in [7, 11) is 1.92. The van der Waals surface area contributed by atoms with Crippen LogP contribution in [-0.2, 0) is 7.05 Å². The molecule has 7 heteroatoms. The van der Waals surface area contributed by atoms with Crippen LogP contribution in [0.1, 0.15) is 55.1 Å². The first kappa shape index (κ1) is 18.8. The summed E-state index contributed by atoms with van der Waals surface area (Å²) in [5.74, 6) is 1.38.